The van der Waals surface area contributed by atoms with Crippen LogP contribution in [0.15, 0.2) is 42.5 Å². The highest BCUT2D eigenvalue weighted by molar-refractivity contribution is 5.88. The number of aliphatic hydroxyl groups is 1. The monoisotopic (exact) mass is 239 g/mol. The lowest BCUT2D eigenvalue weighted by Crippen LogP contribution is -2.17. The van der Waals surface area contributed by atoms with E-state index in [0.717, 1.165) is 22.9 Å². The van der Waals surface area contributed by atoms with E-state index in [0.29, 0.717) is 0 Å². The van der Waals surface area contributed by atoms with Crippen molar-refractivity contribution < 1.29 is 5.11 Å². The summed E-state index contributed by atoms with van der Waals surface area (Å²) in [4.78, 5) is 0. The third-order valence-electron chi connectivity index (χ3n) is 3.42. The van der Waals surface area contributed by atoms with E-state index in [4.69, 9.17) is 0 Å². The number of rotatable bonds is 1. The molecule has 1 aliphatic heterocycles. The normalized spacial score (nSPS) is 14.8. The molecule has 1 aromatic heterocycles. The average molecular weight is 239 g/mol. The molecule has 0 amide bonds. The van der Waals surface area contributed by atoms with Gasteiger partial charge in [0.15, 0.2) is 0 Å². The fourth-order valence-corrected chi connectivity index (χ4v) is 2.76. The third-order valence-corrected chi connectivity index (χ3v) is 3.42. The summed E-state index contributed by atoms with van der Waals surface area (Å²) in [6.07, 6.45) is 9.13. The molecule has 2 heteroatoms. The van der Waals surface area contributed by atoms with Crippen LogP contribution in [0.1, 0.15) is 25.1 Å². The Balaban J connectivity index is 2.44. The molecule has 0 bridgehead atoms. The Morgan fingerprint density at radius 1 is 1.17 bits per heavy atom. The fraction of sp³-hybridized carbons (Fsp3) is 0.250. The summed E-state index contributed by atoms with van der Waals surface area (Å²) < 4.78 is 2.18. The summed E-state index contributed by atoms with van der Waals surface area (Å²) in [6.45, 7) is 3.71. The summed E-state index contributed by atoms with van der Waals surface area (Å²) in [5.41, 5.74) is 2.54. The quantitative estimate of drug-likeness (QED) is 0.810. The number of benzene rings is 1. The molecule has 2 nitrogen and oxygen atoms in total. The second-order valence-corrected chi connectivity index (χ2v) is 5.24. The van der Waals surface area contributed by atoms with Crippen LogP contribution in [0, 0.1) is 0 Å². The Morgan fingerprint density at radius 3 is 2.72 bits per heavy atom. The SMILES string of the molecule is CC(C)(O)c1c2n(c3ccccc13)C=CC=CC2. The number of allylic oxidation sites excluding steroid dienone is 3. The smallest absolute Gasteiger partial charge is 0.0864 e. The van der Waals surface area contributed by atoms with Gasteiger partial charge in [-0.05, 0) is 26.0 Å². The van der Waals surface area contributed by atoms with E-state index in [-0.39, 0.29) is 0 Å². The number of para-hydroxylation sites is 1. The molecule has 2 aromatic rings. The van der Waals surface area contributed by atoms with Gasteiger partial charge in [-0.2, -0.15) is 0 Å². The number of nitrogens with zero attached hydrogens (tertiary/aromatic N) is 1. The molecule has 1 aromatic carbocycles. The molecule has 0 saturated carbocycles. The van der Waals surface area contributed by atoms with Crippen molar-refractivity contribution in [2.75, 3.05) is 0 Å². The van der Waals surface area contributed by atoms with Crippen LogP contribution >= 0.6 is 0 Å². The highest BCUT2D eigenvalue weighted by Crippen LogP contribution is 2.35. The van der Waals surface area contributed by atoms with Gasteiger partial charge in [0.1, 0.15) is 0 Å². The van der Waals surface area contributed by atoms with Crippen LogP contribution in [0.3, 0.4) is 0 Å². The molecule has 1 aliphatic rings. The van der Waals surface area contributed by atoms with Crippen molar-refractivity contribution >= 4 is 17.1 Å². The molecular weight excluding hydrogens is 222 g/mol. The zero-order chi connectivity index (χ0) is 12.8. The van der Waals surface area contributed by atoms with Crippen molar-refractivity contribution in [3.8, 4) is 0 Å². The van der Waals surface area contributed by atoms with Crippen LogP contribution in [0.2, 0.25) is 0 Å². The molecule has 0 unspecified atom stereocenters. The number of fused-ring (bicyclic) bond motifs is 3. The van der Waals surface area contributed by atoms with Crippen LogP contribution in [0.4, 0.5) is 0 Å². The third kappa shape index (κ3) is 1.61. The Morgan fingerprint density at radius 2 is 1.94 bits per heavy atom. The molecule has 0 radical (unpaired) electrons. The average Bonchev–Trinajstić information content (AvgIpc) is 2.47. The maximum atomic E-state index is 10.5. The maximum absolute atomic E-state index is 10.5. The van der Waals surface area contributed by atoms with Gasteiger partial charge in [-0.1, -0.05) is 30.4 Å². The molecular formula is C16H17NO. The molecule has 0 spiro atoms. The molecule has 92 valence electrons. The van der Waals surface area contributed by atoms with E-state index < -0.39 is 5.60 Å². The largest absolute Gasteiger partial charge is 0.386 e. The van der Waals surface area contributed by atoms with E-state index in [9.17, 15) is 5.11 Å². The zero-order valence-electron chi connectivity index (χ0n) is 10.7. The standard InChI is InChI=1S/C16H17NO/c1-16(2,18)15-12-8-5-6-9-13(12)17-11-7-3-4-10-14(15)17/h3-9,11,18H,10H2,1-2H3. The van der Waals surface area contributed by atoms with Crippen molar-refractivity contribution in [1.82, 2.24) is 4.57 Å². The van der Waals surface area contributed by atoms with Gasteiger partial charge in [0.25, 0.3) is 0 Å². The molecule has 1 N–H and O–H groups in total. The van der Waals surface area contributed by atoms with Crippen molar-refractivity contribution in [3.63, 3.8) is 0 Å². The van der Waals surface area contributed by atoms with Crippen molar-refractivity contribution in [1.29, 1.82) is 0 Å². The van der Waals surface area contributed by atoms with Gasteiger partial charge < -0.3 is 9.67 Å². The Kier molecular flexibility index (Phi) is 2.42. The Hall–Kier alpha value is -1.80. The molecule has 18 heavy (non-hydrogen) atoms. The summed E-state index contributed by atoms with van der Waals surface area (Å²) in [5.74, 6) is 0. The minimum Gasteiger partial charge on any atom is -0.386 e. The number of hydrogen-bond acceptors (Lipinski definition) is 1. The lowest BCUT2D eigenvalue weighted by atomic mass is 9.94. The topological polar surface area (TPSA) is 25.2 Å². The van der Waals surface area contributed by atoms with Crippen LogP contribution in [0.5, 0.6) is 0 Å². The van der Waals surface area contributed by atoms with Crippen molar-refractivity contribution in [2.45, 2.75) is 25.9 Å². The van der Waals surface area contributed by atoms with E-state index in [2.05, 4.69) is 35.1 Å². The van der Waals surface area contributed by atoms with Crippen LogP contribution < -0.4 is 0 Å². The van der Waals surface area contributed by atoms with E-state index >= 15 is 0 Å². The molecule has 2 heterocycles. The number of hydrogen-bond donors (Lipinski definition) is 1. The molecule has 0 fully saturated rings. The highest BCUT2D eigenvalue weighted by Gasteiger charge is 2.26. The second kappa shape index (κ2) is 3.85. The van der Waals surface area contributed by atoms with Gasteiger partial charge in [0.05, 0.1) is 11.1 Å². The first-order chi connectivity index (χ1) is 8.59. The van der Waals surface area contributed by atoms with Gasteiger partial charge >= 0.3 is 0 Å². The minimum absolute atomic E-state index is 0.827. The summed E-state index contributed by atoms with van der Waals surface area (Å²) in [6, 6.07) is 8.25. The zero-order valence-corrected chi connectivity index (χ0v) is 10.7. The molecule has 0 atom stereocenters. The minimum atomic E-state index is -0.827. The van der Waals surface area contributed by atoms with Gasteiger partial charge in [0, 0.05) is 29.3 Å². The van der Waals surface area contributed by atoms with Gasteiger partial charge in [-0.3, -0.25) is 0 Å². The first kappa shape index (κ1) is 11.3. The highest BCUT2D eigenvalue weighted by atomic mass is 16.3. The summed E-state index contributed by atoms with van der Waals surface area (Å²) >= 11 is 0. The van der Waals surface area contributed by atoms with Gasteiger partial charge in [0.2, 0.25) is 0 Å². The predicted octanol–water partition coefficient (Wildman–Crippen LogP) is 3.45. The van der Waals surface area contributed by atoms with E-state index in [1.54, 1.807) is 0 Å². The first-order valence-corrected chi connectivity index (χ1v) is 6.27. The van der Waals surface area contributed by atoms with Crippen LogP contribution in [-0.4, -0.2) is 9.67 Å². The molecule has 3 rings (SSSR count). The van der Waals surface area contributed by atoms with E-state index in [1.807, 2.05) is 32.1 Å². The second-order valence-electron chi connectivity index (χ2n) is 5.24. The van der Waals surface area contributed by atoms with E-state index in [1.165, 1.54) is 5.69 Å². The number of aromatic nitrogens is 1. The van der Waals surface area contributed by atoms with Crippen LogP contribution in [0.25, 0.3) is 17.1 Å². The fourth-order valence-electron chi connectivity index (χ4n) is 2.76. The predicted molar refractivity (Wildman–Crippen MR) is 75.4 cm³/mol. The first-order valence-electron chi connectivity index (χ1n) is 6.27. The molecule has 0 aliphatic carbocycles. The lowest BCUT2D eigenvalue weighted by molar-refractivity contribution is 0.0792. The summed E-state index contributed by atoms with van der Waals surface area (Å²) in [7, 11) is 0. The lowest BCUT2D eigenvalue weighted by Gasteiger charge is -2.19. The Labute approximate surface area is 107 Å². The Bertz CT molecular complexity index is 654. The maximum Gasteiger partial charge on any atom is 0.0864 e. The summed E-state index contributed by atoms with van der Waals surface area (Å²) in [5, 5.41) is 11.6. The van der Waals surface area contributed by atoms with Gasteiger partial charge in [-0.25, -0.2) is 0 Å². The molecule has 0 saturated heterocycles. The van der Waals surface area contributed by atoms with Crippen molar-refractivity contribution in [2.24, 2.45) is 0 Å². The van der Waals surface area contributed by atoms with Crippen LogP contribution in [-0.2, 0) is 12.0 Å². The van der Waals surface area contributed by atoms with Gasteiger partial charge in [-0.15, -0.1) is 0 Å². The van der Waals surface area contributed by atoms with Crippen molar-refractivity contribution in [3.05, 3.63) is 53.8 Å².